The number of likely N-dealkylation sites (tertiary alicyclic amines) is 1. The minimum Gasteiger partial charge on any atom is -0.387 e. The van der Waals surface area contributed by atoms with Gasteiger partial charge in [0.05, 0.1) is 25.9 Å². The Labute approximate surface area is 194 Å². The van der Waals surface area contributed by atoms with Crippen LogP contribution in [-0.2, 0) is 34.0 Å². The topological polar surface area (TPSA) is 79.2 Å². The molecular formula is C27H29NO5. The standard InChI is InChI=1S/C27H29NO5/c29-24-25(30)27(31)28(16-20-10-4-1-5-11-20)23(19-32-17-21-12-6-2-7-13-21)26(24)33-18-22-14-8-3-9-15-22/h1-15,23-26,29-30H,16-19H2/t23-,24-,25+,26-/m1/s1. The summed E-state index contributed by atoms with van der Waals surface area (Å²) in [5.74, 6) is -0.528. The molecule has 1 aliphatic heterocycles. The van der Waals surface area contributed by atoms with Crippen molar-refractivity contribution in [1.29, 1.82) is 0 Å². The zero-order chi connectivity index (χ0) is 23.0. The van der Waals surface area contributed by atoms with Crippen LogP contribution < -0.4 is 0 Å². The summed E-state index contributed by atoms with van der Waals surface area (Å²) in [4.78, 5) is 14.6. The maximum atomic E-state index is 13.0. The molecule has 1 fully saturated rings. The molecule has 0 aromatic heterocycles. The van der Waals surface area contributed by atoms with Crippen molar-refractivity contribution in [3.05, 3.63) is 108 Å². The number of amides is 1. The van der Waals surface area contributed by atoms with Crippen LogP contribution >= 0.6 is 0 Å². The van der Waals surface area contributed by atoms with E-state index in [2.05, 4.69) is 0 Å². The molecule has 33 heavy (non-hydrogen) atoms. The Kier molecular flexibility index (Phi) is 7.86. The van der Waals surface area contributed by atoms with Crippen LogP contribution in [0.4, 0.5) is 0 Å². The van der Waals surface area contributed by atoms with Gasteiger partial charge >= 0.3 is 0 Å². The molecule has 3 aromatic rings. The van der Waals surface area contributed by atoms with Gasteiger partial charge in [0, 0.05) is 6.54 Å². The first kappa shape index (κ1) is 23.1. The van der Waals surface area contributed by atoms with Gasteiger partial charge in [-0.3, -0.25) is 4.79 Å². The molecule has 1 aliphatic rings. The number of rotatable bonds is 9. The molecule has 0 spiro atoms. The largest absolute Gasteiger partial charge is 0.387 e. The summed E-state index contributed by atoms with van der Waals surface area (Å²) in [7, 11) is 0. The van der Waals surface area contributed by atoms with E-state index in [-0.39, 0.29) is 19.8 Å². The van der Waals surface area contributed by atoms with Gasteiger partial charge in [-0.05, 0) is 16.7 Å². The maximum Gasteiger partial charge on any atom is 0.254 e. The van der Waals surface area contributed by atoms with Crippen LogP contribution in [0.1, 0.15) is 16.7 Å². The van der Waals surface area contributed by atoms with Gasteiger partial charge in [-0.15, -0.1) is 0 Å². The van der Waals surface area contributed by atoms with E-state index in [0.29, 0.717) is 6.61 Å². The average molecular weight is 448 g/mol. The van der Waals surface area contributed by atoms with Crippen molar-refractivity contribution in [3.8, 4) is 0 Å². The molecule has 6 heteroatoms. The quantitative estimate of drug-likeness (QED) is 0.527. The van der Waals surface area contributed by atoms with Crippen LogP contribution in [-0.4, -0.2) is 52.0 Å². The van der Waals surface area contributed by atoms with Crippen molar-refractivity contribution < 1.29 is 24.5 Å². The van der Waals surface area contributed by atoms with Crippen molar-refractivity contribution in [1.82, 2.24) is 4.90 Å². The lowest BCUT2D eigenvalue weighted by molar-refractivity contribution is -0.192. The van der Waals surface area contributed by atoms with Crippen molar-refractivity contribution in [2.24, 2.45) is 0 Å². The molecule has 0 radical (unpaired) electrons. The number of benzene rings is 3. The Morgan fingerprint density at radius 1 is 0.727 bits per heavy atom. The van der Waals surface area contributed by atoms with Crippen LogP contribution in [0, 0.1) is 0 Å². The first-order valence-electron chi connectivity index (χ1n) is 11.1. The molecule has 3 aromatic carbocycles. The number of nitrogens with zero attached hydrogens (tertiary/aromatic N) is 1. The normalized spacial score (nSPS) is 23.0. The third kappa shape index (κ3) is 5.86. The van der Waals surface area contributed by atoms with Gasteiger partial charge in [0.25, 0.3) is 5.91 Å². The Morgan fingerprint density at radius 2 is 1.24 bits per heavy atom. The summed E-state index contributed by atoms with van der Waals surface area (Å²) in [5.41, 5.74) is 2.87. The number of ether oxygens (including phenoxy) is 2. The second kappa shape index (κ2) is 11.2. The second-order valence-corrected chi connectivity index (χ2v) is 8.22. The molecule has 6 nitrogen and oxygen atoms in total. The third-order valence-electron chi connectivity index (χ3n) is 5.86. The van der Waals surface area contributed by atoms with Crippen molar-refractivity contribution >= 4 is 5.91 Å². The van der Waals surface area contributed by atoms with Crippen molar-refractivity contribution in [2.75, 3.05) is 6.61 Å². The van der Waals surface area contributed by atoms with E-state index in [1.165, 1.54) is 0 Å². The monoisotopic (exact) mass is 447 g/mol. The SMILES string of the molecule is O=C1[C@@H](O)[C@@H](O)[C@H](OCc2ccccc2)[C@@H](COCc2ccccc2)N1Cc1ccccc1. The van der Waals surface area contributed by atoms with E-state index >= 15 is 0 Å². The number of piperidine rings is 1. The fourth-order valence-electron chi connectivity index (χ4n) is 4.07. The van der Waals surface area contributed by atoms with Gasteiger partial charge in [-0.2, -0.15) is 0 Å². The Balaban J connectivity index is 1.55. The lowest BCUT2D eigenvalue weighted by atomic mass is 9.92. The van der Waals surface area contributed by atoms with Crippen LogP contribution in [0.3, 0.4) is 0 Å². The van der Waals surface area contributed by atoms with E-state index in [9.17, 15) is 15.0 Å². The summed E-state index contributed by atoms with van der Waals surface area (Å²) < 4.78 is 12.1. The number of carbonyl (C=O) groups is 1. The predicted molar refractivity (Wildman–Crippen MR) is 124 cm³/mol. The molecular weight excluding hydrogens is 418 g/mol. The maximum absolute atomic E-state index is 13.0. The van der Waals surface area contributed by atoms with E-state index in [4.69, 9.17) is 9.47 Å². The summed E-state index contributed by atoms with van der Waals surface area (Å²) in [6.07, 6.45) is -3.71. The summed E-state index contributed by atoms with van der Waals surface area (Å²) in [6, 6.07) is 28.4. The smallest absolute Gasteiger partial charge is 0.254 e. The number of hydrogen-bond donors (Lipinski definition) is 2. The zero-order valence-corrected chi connectivity index (χ0v) is 18.4. The lowest BCUT2D eigenvalue weighted by Gasteiger charge is -2.45. The third-order valence-corrected chi connectivity index (χ3v) is 5.86. The van der Waals surface area contributed by atoms with Crippen molar-refractivity contribution in [3.63, 3.8) is 0 Å². The molecule has 2 N–H and O–H groups in total. The summed E-state index contributed by atoms with van der Waals surface area (Å²) >= 11 is 0. The minimum absolute atomic E-state index is 0.163. The van der Waals surface area contributed by atoms with Gasteiger partial charge in [-0.25, -0.2) is 0 Å². The van der Waals surface area contributed by atoms with E-state index in [1.54, 1.807) is 4.90 Å². The van der Waals surface area contributed by atoms with Gasteiger partial charge in [-0.1, -0.05) is 91.0 Å². The molecule has 4 rings (SSSR count). The Morgan fingerprint density at radius 3 is 1.82 bits per heavy atom. The number of hydrogen-bond acceptors (Lipinski definition) is 5. The van der Waals surface area contributed by atoms with E-state index in [1.807, 2.05) is 91.0 Å². The van der Waals surface area contributed by atoms with Crippen LogP contribution in [0.15, 0.2) is 91.0 Å². The zero-order valence-electron chi connectivity index (χ0n) is 18.4. The highest BCUT2D eigenvalue weighted by Crippen LogP contribution is 2.26. The molecule has 4 atom stereocenters. The molecule has 1 saturated heterocycles. The predicted octanol–water partition coefficient (Wildman–Crippen LogP) is 2.92. The van der Waals surface area contributed by atoms with Gasteiger partial charge in [0.2, 0.25) is 0 Å². The minimum atomic E-state index is -1.56. The Hall–Kier alpha value is -3.03. The molecule has 1 heterocycles. The molecule has 172 valence electrons. The molecule has 0 unspecified atom stereocenters. The van der Waals surface area contributed by atoms with Crippen LogP contribution in [0.5, 0.6) is 0 Å². The van der Waals surface area contributed by atoms with Crippen molar-refractivity contribution in [2.45, 2.75) is 44.1 Å². The highest BCUT2D eigenvalue weighted by atomic mass is 16.5. The average Bonchev–Trinajstić information content (AvgIpc) is 2.86. The van der Waals surface area contributed by atoms with E-state index in [0.717, 1.165) is 16.7 Å². The highest BCUT2D eigenvalue weighted by Gasteiger charge is 2.48. The second-order valence-electron chi connectivity index (χ2n) is 8.22. The van der Waals surface area contributed by atoms with E-state index < -0.39 is 30.3 Å². The fourth-order valence-corrected chi connectivity index (χ4v) is 4.07. The summed E-state index contributed by atoms with van der Waals surface area (Å²) in [6.45, 7) is 1.07. The van der Waals surface area contributed by atoms with Gasteiger partial charge in [0.15, 0.2) is 6.10 Å². The first-order valence-corrected chi connectivity index (χ1v) is 11.1. The molecule has 0 bridgehead atoms. The number of aliphatic hydroxyl groups is 2. The van der Waals surface area contributed by atoms with Gasteiger partial charge in [0.1, 0.15) is 12.2 Å². The Bertz CT molecular complexity index is 999. The lowest BCUT2D eigenvalue weighted by Crippen LogP contribution is -2.65. The first-order chi connectivity index (χ1) is 16.1. The van der Waals surface area contributed by atoms with Gasteiger partial charge < -0.3 is 24.6 Å². The number of carbonyl (C=O) groups excluding carboxylic acids is 1. The fraction of sp³-hybridized carbons (Fsp3) is 0.296. The highest BCUT2D eigenvalue weighted by molar-refractivity contribution is 5.83. The van der Waals surface area contributed by atoms with Crippen LogP contribution in [0.25, 0.3) is 0 Å². The number of aliphatic hydroxyl groups excluding tert-OH is 2. The molecule has 0 aliphatic carbocycles. The molecule has 1 amide bonds. The molecule has 0 saturated carbocycles. The summed E-state index contributed by atoms with van der Waals surface area (Å²) in [5, 5.41) is 21.3. The van der Waals surface area contributed by atoms with Crippen LogP contribution in [0.2, 0.25) is 0 Å².